The van der Waals surface area contributed by atoms with E-state index in [1.54, 1.807) is 12.2 Å². The zero-order valence-corrected chi connectivity index (χ0v) is 9.42. The normalized spacial score (nSPS) is 12.4. The summed E-state index contributed by atoms with van der Waals surface area (Å²) in [5.74, 6) is 0.227. The van der Waals surface area contributed by atoms with E-state index in [9.17, 15) is 4.79 Å². The Bertz CT molecular complexity index is 244. The van der Waals surface area contributed by atoms with Crippen molar-refractivity contribution in [2.75, 3.05) is 0 Å². The first-order valence-electron chi connectivity index (χ1n) is 5.17. The summed E-state index contributed by atoms with van der Waals surface area (Å²) in [6.45, 7) is 9.54. The Balaban J connectivity index is 4.53. The number of Topliss-reactive ketones (excluding diaryl/α,β-unsaturated/α-hetero) is 1. The predicted octanol–water partition coefficient (Wildman–Crippen LogP) is 3.68. The van der Waals surface area contributed by atoms with Gasteiger partial charge in [-0.3, -0.25) is 4.79 Å². The average Bonchev–Trinajstić information content (AvgIpc) is 2.15. The molecule has 0 saturated carbocycles. The fourth-order valence-corrected chi connectivity index (χ4v) is 1.06. The van der Waals surface area contributed by atoms with E-state index in [4.69, 9.17) is 0 Å². The predicted molar refractivity (Wildman–Crippen MR) is 62.2 cm³/mol. The van der Waals surface area contributed by atoms with Crippen LogP contribution in [0.15, 0.2) is 36.5 Å². The quantitative estimate of drug-likeness (QED) is 0.463. The number of allylic oxidation sites excluding steroid dienone is 5. The van der Waals surface area contributed by atoms with Gasteiger partial charge in [0.2, 0.25) is 0 Å². The van der Waals surface area contributed by atoms with E-state index in [-0.39, 0.29) is 11.7 Å². The van der Waals surface area contributed by atoms with E-state index in [0.29, 0.717) is 0 Å². The lowest BCUT2D eigenvalue weighted by Crippen LogP contribution is -2.08. The second-order valence-corrected chi connectivity index (χ2v) is 3.57. The summed E-state index contributed by atoms with van der Waals surface area (Å²) in [7, 11) is 0. The molecular formula is C13H20O. The standard InChI is InChI=1S/C13H20O/c1-5-7-8-10-12(9-6-2)13(14)11(3)4/h6,8-11H,2,5,7H2,1,3-4H3/b10-8-,12-9+. The van der Waals surface area contributed by atoms with Crippen LogP contribution in [0.1, 0.15) is 33.6 Å². The first kappa shape index (κ1) is 12.9. The van der Waals surface area contributed by atoms with Gasteiger partial charge in [-0.05, 0) is 6.42 Å². The summed E-state index contributed by atoms with van der Waals surface area (Å²) in [6, 6.07) is 0. The van der Waals surface area contributed by atoms with Gasteiger partial charge in [0, 0.05) is 11.5 Å². The summed E-state index contributed by atoms with van der Waals surface area (Å²) in [5, 5.41) is 0. The minimum Gasteiger partial charge on any atom is -0.294 e. The van der Waals surface area contributed by atoms with Crippen LogP contribution in [-0.4, -0.2) is 5.78 Å². The lowest BCUT2D eigenvalue weighted by atomic mass is 10.00. The molecule has 0 heterocycles. The van der Waals surface area contributed by atoms with Crippen LogP contribution in [-0.2, 0) is 4.79 Å². The lowest BCUT2D eigenvalue weighted by Gasteiger charge is -2.03. The van der Waals surface area contributed by atoms with Gasteiger partial charge >= 0.3 is 0 Å². The largest absolute Gasteiger partial charge is 0.294 e. The molecule has 0 aromatic rings. The molecule has 1 nitrogen and oxygen atoms in total. The van der Waals surface area contributed by atoms with E-state index in [1.807, 2.05) is 26.0 Å². The second kappa shape index (κ2) is 7.31. The summed E-state index contributed by atoms with van der Waals surface area (Å²) in [6.07, 6.45) is 9.48. The molecule has 0 saturated heterocycles. The minimum absolute atomic E-state index is 0.0486. The Kier molecular flexibility index (Phi) is 6.73. The Morgan fingerprint density at radius 3 is 2.50 bits per heavy atom. The molecule has 0 aromatic heterocycles. The first-order valence-corrected chi connectivity index (χ1v) is 5.17. The molecule has 0 amide bonds. The lowest BCUT2D eigenvalue weighted by molar-refractivity contribution is -0.117. The Hall–Kier alpha value is -1.11. The third-order valence-electron chi connectivity index (χ3n) is 1.86. The van der Waals surface area contributed by atoms with Crippen molar-refractivity contribution < 1.29 is 4.79 Å². The smallest absolute Gasteiger partial charge is 0.165 e. The summed E-state index contributed by atoms with van der Waals surface area (Å²) in [5.41, 5.74) is 0.753. The van der Waals surface area contributed by atoms with Crippen LogP contribution in [0.4, 0.5) is 0 Å². The third kappa shape index (κ3) is 4.80. The van der Waals surface area contributed by atoms with Crippen molar-refractivity contribution in [3.8, 4) is 0 Å². The highest BCUT2D eigenvalue weighted by Crippen LogP contribution is 2.08. The van der Waals surface area contributed by atoms with Gasteiger partial charge in [-0.15, -0.1) is 0 Å². The molecule has 0 aliphatic rings. The van der Waals surface area contributed by atoms with Crippen LogP contribution < -0.4 is 0 Å². The maximum Gasteiger partial charge on any atom is 0.165 e. The monoisotopic (exact) mass is 192 g/mol. The van der Waals surface area contributed by atoms with Crippen molar-refractivity contribution in [3.63, 3.8) is 0 Å². The molecule has 78 valence electrons. The molecule has 0 N–H and O–H groups in total. The molecule has 0 aliphatic heterocycles. The number of carbonyl (C=O) groups excluding carboxylic acids is 1. The van der Waals surface area contributed by atoms with Gasteiger partial charge in [0.25, 0.3) is 0 Å². The average molecular weight is 192 g/mol. The molecule has 14 heavy (non-hydrogen) atoms. The topological polar surface area (TPSA) is 17.1 Å². The molecule has 0 aromatic carbocycles. The van der Waals surface area contributed by atoms with Crippen LogP contribution in [0.5, 0.6) is 0 Å². The Morgan fingerprint density at radius 2 is 2.07 bits per heavy atom. The zero-order valence-electron chi connectivity index (χ0n) is 9.42. The number of unbranched alkanes of at least 4 members (excludes halogenated alkanes) is 1. The fraction of sp³-hybridized carbons (Fsp3) is 0.462. The van der Waals surface area contributed by atoms with Gasteiger partial charge < -0.3 is 0 Å². The fourth-order valence-electron chi connectivity index (χ4n) is 1.06. The van der Waals surface area contributed by atoms with Gasteiger partial charge in [-0.25, -0.2) is 0 Å². The number of carbonyl (C=O) groups is 1. The zero-order chi connectivity index (χ0) is 11.0. The maximum atomic E-state index is 11.7. The van der Waals surface area contributed by atoms with Crippen LogP contribution in [0.25, 0.3) is 0 Å². The van der Waals surface area contributed by atoms with Gasteiger partial charge in [-0.1, -0.05) is 58.1 Å². The van der Waals surface area contributed by atoms with Crippen molar-refractivity contribution in [3.05, 3.63) is 36.5 Å². The SMILES string of the molecule is C=C/C=C(\C=C/CCC)C(=O)C(C)C. The van der Waals surface area contributed by atoms with Gasteiger partial charge in [0.15, 0.2) is 5.78 Å². The third-order valence-corrected chi connectivity index (χ3v) is 1.86. The van der Waals surface area contributed by atoms with Crippen molar-refractivity contribution in [2.45, 2.75) is 33.6 Å². The summed E-state index contributed by atoms with van der Waals surface area (Å²) in [4.78, 5) is 11.7. The Morgan fingerprint density at radius 1 is 1.43 bits per heavy atom. The van der Waals surface area contributed by atoms with E-state index in [2.05, 4.69) is 13.5 Å². The van der Waals surface area contributed by atoms with E-state index >= 15 is 0 Å². The van der Waals surface area contributed by atoms with Gasteiger partial charge in [0.1, 0.15) is 0 Å². The molecule has 0 bridgehead atoms. The molecule has 0 unspecified atom stereocenters. The molecular weight excluding hydrogens is 172 g/mol. The molecule has 0 fully saturated rings. The van der Waals surface area contributed by atoms with Crippen LogP contribution in [0.2, 0.25) is 0 Å². The number of ketones is 1. The number of rotatable bonds is 6. The number of hydrogen-bond donors (Lipinski definition) is 0. The summed E-state index contributed by atoms with van der Waals surface area (Å²) < 4.78 is 0. The van der Waals surface area contributed by atoms with Crippen LogP contribution in [0, 0.1) is 5.92 Å². The van der Waals surface area contributed by atoms with Crippen molar-refractivity contribution in [2.24, 2.45) is 5.92 Å². The van der Waals surface area contributed by atoms with Crippen LogP contribution >= 0.6 is 0 Å². The van der Waals surface area contributed by atoms with Crippen molar-refractivity contribution in [1.82, 2.24) is 0 Å². The van der Waals surface area contributed by atoms with E-state index < -0.39 is 0 Å². The highest BCUT2D eigenvalue weighted by atomic mass is 16.1. The van der Waals surface area contributed by atoms with E-state index in [1.165, 1.54) is 0 Å². The van der Waals surface area contributed by atoms with Crippen molar-refractivity contribution in [1.29, 1.82) is 0 Å². The molecule has 1 heteroatoms. The molecule has 0 rings (SSSR count). The Labute approximate surface area is 87.2 Å². The van der Waals surface area contributed by atoms with Gasteiger partial charge in [-0.2, -0.15) is 0 Å². The minimum atomic E-state index is 0.0486. The number of hydrogen-bond acceptors (Lipinski definition) is 1. The highest BCUT2D eigenvalue weighted by molar-refractivity contribution is 5.99. The van der Waals surface area contributed by atoms with Crippen LogP contribution in [0.3, 0.4) is 0 Å². The molecule has 0 aliphatic carbocycles. The van der Waals surface area contributed by atoms with Crippen molar-refractivity contribution >= 4 is 5.78 Å². The highest BCUT2D eigenvalue weighted by Gasteiger charge is 2.09. The molecule has 0 spiro atoms. The molecule has 0 radical (unpaired) electrons. The first-order chi connectivity index (χ1) is 6.63. The molecule has 0 atom stereocenters. The van der Waals surface area contributed by atoms with Gasteiger partial charge in [0.05, 0.1) is 0 Å². The van der Waals surface area contributed by atoms with E-state index in [0.717, 1.165) is 18.4 Å². The maximum absolute atomic E-state index is 11.7. The second-order valence-electron chi connectivity index (χ2n) is 3.57. The summed E-state index contributed by atoms with van der Waals surface area (Å²) >= 11 is 0.